The van der Waals surface area contributed by atoms with Crippen molar-refractivity contribution < 1.29 is 31.9 Å². The summed E-state index contributed by atoms with van der Waals surface area (Å²) in [5.74, 6) is -8.56. The molecule has 31 heavy (non-hydrogen) atoms. The summed E-state index contributed by atoms with van der Waals surface area (Å²) in [5, 5.41) is 5.10. The predicted molar refractivity (Wildman–Crippen MR) is 106 cm³/mol. The van der Waals surface area contributed by atoms with Crippen LogP contribution in [0, 0.1) is 23.3 Å². The van der Waals surface area contributed by atoms with Crippen LogP contribution in [-0.4, -0.2) is 24.1 Å². The van der Waals surface area contributed by atoms with Crippen LogP contribution in [-0.2, 0) is 4.74 Å². The highest BCUT2D eigenvalue weighted by Crippen LogP contribution is 2.22. The molecule has 0 aromatic heterocycles. The number of hydrogen-bond donors (Lipinski definition) is 2. The molecule has 2 aromatic rings. The lowest BCUT2D eigenvalue weighted by molar-refractivity contribution is 0.0526. The number of hydrogen-bond acceptors (Lipinski definition) is 3. The normalized spacial score (nSPS) is 12.2. The second-order valence-electron chi connectivity index (χ2n) is 7.86. The Hall–Kier alpha value is -3.10. The molecule has 2 amide bonds. The van der Waals surface area contributed by atoms with Crippen molar-refractivity contribution in [2.45, 2.75) is 45.3 Å². The van der Waals surface area contributed by atoms with Gasteiger partial charge in [-0.25, -0.2) is 22.4 Å². The quantitative estimate of drug-likeness (QED) is 0.275. The largest absolute Gasteiger partial charge is 0.444 e. The highest BCUT2D eigenvalue weighted by Gasteiger charge is 2.25. The van der Waals surface area contributed by atoms with Gasteiger partial charge >= 0.3 is 6.09 Å². The molecule has 0 spiro atoms. The Bertz CT molecular complexity index is 931. The molecule has 0 aliphatic carbocycles. The van der Waals surface area contributed by atoms with E-state index in [0.29, 0.717) is 24.5 Å². The zero-order valence-corrected chi connectivity index (χ0v) is 17.4. The molecule has 0 radical (unpaired) electrons. The van der Waals surface area contributed by atoms with E-state index in [1.165, 1.54) is 0 Å². The van der Waals surface area contributed by atoms with Crippen LogP contribution in [0.5, 0.6) is 0 Å². The highest BCUT2D eigenvalue weighted by atomic mass is 19.2. The number of carbonyl (C=O) groups is 2. The van der Waals surface area contributed by atoms with Crippen molar-refractivity contribution in [3.8, 4) is 0 Å². The van der Waals surface area contributed by atoms with E-state index in [2.05, 4.69) is 10.6 Å². The van der Waals surface area contributed by atoms with Gasteiger partial charge in [0.05, 0.1) is 11.6 Å². The van der Waals surface area contributed by atoms with Crippen LogP contribution in [0.2, 0.25) is 0 Å². The lowest BCUT2D eigenvalue weighted by Crippen LogP contribution is -2.34. The molecule has 2 aromatic carbocycles. The zero-order chi connectivity index (χ0) is 23.2. The monoisotopic (exact) mass is 440 g/mol. The third-order valence-corrected chi connectivity index (χ3v) is 4.19. The fraction of sp³-hybridized carbons (Fsp3) is 0.364. The molecule has 2 N–H and O–H groups in total. The summed E-state index contributed by atoms with van der Waals surface area (Å²) in [7, 11) is 0. The highest BCUT2D eigenvalue weighted by molar-refractivity contribution is 5.94. The van der Waals surface area contributed by atoms with Crippen molar-refractivity contribution in [2.24, 2.45) is 0 Å². The standard InChI is InChI=1S/C22H24F4N2O3/c1-22(2,3)31-21(30)27-11-7-10-16(13-8-5-4-6-9-13)28-20(29)14-12-15(23)18(25)19(26)17(14)24/h4-6,8-9,12,16H,7,10-11H2,1-3H3,(H,27,30)(H,28,29)/t16-/m0/s1. The maximum absolute atomic E-state index is 14.0. The molecule has 0 aliphatic heterocycles. The van der Waals surface area contributed by atoms with Gasteiger partial charge < -0.3 is 15.4 Å². The fourth-order valence-corrected chi connectivity index (χ4v) is 2.79. The first-order valence-corrected chi connectivity index (χ1v) is 9.65. The molecule has 0 unspecified atom stereocenters. The van der Waals surface area contributed by atoms with Gasteiger partial charge in [0.15, 0.2) is 23.3 Å². The maximum atomic E-state index is 14.0. The van der Waals surface area contributed by atoms with Gasteiger partial charge in [-0.05, 0) is 45.2 Å². The second-order valence-corrected chi connectivity index (χ2v) is 7.86. The lowest BCUT2D eigenvalue weighted by Gasteiger charge is -2.21. The van der Waals surface area contributed by atoms with E-state index >= 15 is 0 Å². The molecule has 0 heterocycles. The summed E-state index contributed by atoms with van der Waals surface area (Å²) in [5.41, 5.74) is -0.921. The van der Waals surface area contributed by atoms with Crippen molar-refractivity contribution in [1.29, 1.82) is 0 Å². The Morgan fingerprint density at radius 1 is 1.00 bits per heavy atom. The predicted octanol–water partition coefficient (Wildman–Crippen LogP) is 5.02. The minimum Gasteiger partial charge on any atom is -0.444 e. The van der Waals surface area contributed by atoms with Gasteiger partial charge in [-0.2, -0.15) is 0 Å². The van der Waals surface area contributed by atoms with Gasteiger partial charge in [0, 0.05) is 6.54 Å². The summed E-state index contributed by atoms with van der Waals surface area (Å²) in [6.07, 6.45) is 0.139. The first kappa shape index (κ1) is 24.2. The van der Waals surface area contributed by atoms with Crippen molar-refractivity contribution in [3.05, 3.63) is 70.8 Å². The van der Waals surface area contributed by atoms with Crippen molar-refractivity contribution >= 4 is 12.0 Å². The summed E-state index contributed by atoms with van der Waals surface area (Å²) < 4.78 is 59.2. The SMILES string of the molecule is CC(C)(C)OC(=O)NCCC[C@H](NC(=O)c1cc(F)c(F)c(F)c1F)c1ccccc1. The number of amides is 2. The fourth-order valence-electron chi connectivity index (χ4n) is 2.79. The third-order valence-electron chi connectivity index (χ3n) is 4.19. The van der Waals surface area contributed by atoms with Crippen molar-refractivity contribution in [1.82, 2.24) is 10.6 Å². The van der Waals surface area contributed by atoms with Crippen LogP contribution < -0.4 is 10.6 Å². The summed E-state index contributed by atoms with van der Waals surface area (Å²) in [6, 6.07) is 8.32. The van der Waals surface area contributed by atoms with Crippen molar-refractivity contribution in [2.75, 3.05) is 6.54 Å². The van der Waals surface area contributed by atoms with E-state index in [1.807, 2.05) is 0 Å². The summed E-state index contributed by atoms with van der Waals surface area (Å²) in [6.45, 7) is 5.43. The molecule has 9 heteroatoms. The number of carbonyl (C=O) groups excluding carboxylic acids is 2. The minimum absolute atomic E-state index is 0.238. The van der Waals surface area contributed by atoms with Crippen LogP contribution in [0.4, 0.5) is 22.4 Å². The number of alkyl carbamates (subject to hydrolysis) is 1. The molecule has 0 fully saturated rings. The Balaban J connectivity index is 2.08. The number of halogens is 4. The zero-order valence-electron chi connectivity index (χ0n) is 17.4. The van der Waals surface area contributed by atoms with E-state index in [9.17, 15) is 27.2 Å². The van der Waals surface area contributed by atoms with Crippen LogP contribution >= 0.6 is 0 Å². The molecule has 0 saturated heterocycles. The van der Waals surface area contributed by atoms with Gasteiger partial charge in [0.2, 0.25) is 0 Å². The topological polar surface area (TPSA) is 67.4 Å². The number of benzene rings is 2. The molecule has 5 nitrogen and oxygen atoms in total. The second kappa shape index (κ2) is 10.3. The number of rotatable bonds is 7. The molecule has 2 rings (SSSR count). The average Bonchev–Trinajstić information content (AvgIpc) is 2.70. The molecule has 0 bridgehead atoms. The Labute approximate surface area is 177 Å². The lowest BCUT2D eigenvalue weighted by atomic mass is 10.0. The molecule has 168 valence electrons. The summed E-state index contributed by atoms with van der Waals surface area (Å²) in [4.78, 5) is 24.2. The maximum Gasteiger partial charge on any atom is 0.407 e. The Morgan fingerprint density at radius 2 is 1.65 bits per heavy atom. The van der Waals surface area contributed by atoms with Crippen molar-refractivity contribution in [3.63, 3.8) is 0 Å². The van der Waals surface area contributed by atoms with E-state index in [1.54, 1.807) is 51.1 Å². The molecular weight excluding hydrogens is 416 g/mol. The molecular formula is C22H24F4N2O3. The Kier molecular flexibility index (Phi) is 8.01. The van der Waals surface area contributed by atoms with E-state index < -0.39 is 52.5 Å². The van der Waals surface area contributed by atoms with E-state index in [0.717, 1.165) is 0 Å². The van der Waals surface area contributed by atoms with Crippen LogP contribution in [0.15, 0.2) is 36.4 Å². The van der Waals surface area contributed by atoms with Gasteiger partial charge in [-0.3, -0.25) is 4.79 Å². The minimum atomic E-state index is -2.05. The van der Waals surface area contributed by atoms with Crippen LogP contribution in [0.1, 0.15) is 55.6 Å². The first-order valence-electron chi connectivity index (χ1n) is 9.65. The number of ether oxygens (including phenoxy) is 1. The van der Waals surface area contributed by atoms with Crippen LogP contribution in [0.25, 0.3) is 0 Å². The first-order chi connectivity index (χ1) is 14.5. The number of nitrogens with one attached hydrogen (secondary N) is 2. The third kappa shape index (κ3) is 6.97. The summed E-state index contributed by atoms with van der Waals surface area (Å²) >= 11 is 0. The smallest absolute Gasteiger partial charge is 0.407 e. The Morgan fingerprint density at radius 3 is 2.26 bits per heavy atom. The molecule has 1 atom stereocenters. The van der Waals surface area contributed by atoms with Gasteiger partial charge in [-0.15, -0.1) is 0 Å². The van der Waals surface area contributed by atoms with Gasteiger partial charge in [-0.1, -0.05) is 30.3 Å². The molecule has 0 aliphatic rings. The van der Waals surface area contributed by atoms with E-state index in [-0.39, 0.29) is 6.54 Å². The van der Waals surface area contributed by atoms with Gasteiger partial charge in [0.25, 0.3) is 5.91 Å². The average molecular weight is 440 g/mol. The molecule has 0 saturated carbocycles. The van der Waals surface area contributed by atoms with Crippen LogP contribution in [0.3, 0.4) is 0 Å². The van der Waals surface area contributed by atoms with Gasteiger partial charge in [0.1, 0.15) is 5.60 Å². The van der Waals surface area contributed by atoms with E-state index in [4.69, 9.17) is 4.74 Å².